The van der Waals surface area contributed by atoms with Crippen molar-refractivity contribution in [2.24, 2.45) is 0 Å². The van der Waals surface area contributed by atoms with E-state index in [9.17, 15) is 24.8 Å². The fourth-order valence-corrected chi connectivity index (χ4v) is 1.98. The lowest BCUT2D eigenvalue weighted by Gasteiger charge is -2.10. The Labute approximate surface area is 136 Å². The minimum atomic E-state index is -0.930. The van der Waals surface area contributed by atoms with Gasteiger partial charge in [-0.25, -0.2) is 4.79 Å². The van der Waals surface area contributed by atoms with Gasteiger partial charge in [0.15, 0.2) is 0 Å². The second-order valence-electron chi connectivity index (χ2n) is 4.68. The van der Waals surface area contributed by atoms with Gasteiger partial charge in [-0.05, 0) is 19.1 Å². The lowest BCUT2D eigenvalue weighted by atomic mass is 10.1. The van der Waals surface area contributed by atoms with Gasteiger partial charge >= 0.3 is 5.97 Å². The maximum absolute atomic E-state index is 12.1. The number of anilines is 1. The highest BCUT2D eigenvalue weighted by atomic mass is 16.6. The fourth-order valence-electron chi connectivity index (χ4n) is 1.98. The first-order chi connectivity index (χ1) is 11.4. The predicted molar refractivity (Wildman–Crippen MR) is 85.1 cm³/mol. The Balaban J connectivity index is 2.38. The molecule has 8 nitrogen and oxygen atoms in total. The minimum absolute atomic E-state index is 0.0310. The fraction of sp³-hybridized carbons (Fsp3) is 0.125. The van der Waals surface area contributed by atoms with Crippen LogP contribution < -0.4 is 5.32 Å². The first-order valence-electron chi connectivity index (χ1n) is 6.99. The standard InChI is InChI=1S/C16H14N2O6/c1-2-24-16(21)11-8-14(19)12(9-13(11)18(22)23)17-15(20)10-6-4-3-5-7-10/h3-9,19H,2H2,1H3,(H,17,20). The number of carbonyl (C=O) groups excluding carboxylic acids is 2. The van der Waals surface area contributed by atoms with E-state index in [4.69, 9.17) is 4.74 Å². The number of nitrogens with zero attached hydrogens (tertiary/aromatic N) is 1. The number of carbonyl (C=O) groups is 2. The molecular weight excluding hydrogens is 316 g/mol. The van der Waals surface area contributed by atoms with Crippen LogP contribution in [0.15, 0.2) is 42.5 Å². The summed E-state index contributed by atoms with van der Waals surface area (Å²) in [6.07, 6.45) is 0. The van der Waals surface area contributed by atoms with Gasteiger partial charge in [0.25, 0.3) is 11.6 Å². The zero-order valence-electron chi connectivity index (χ0n) is 12.7. The Hall–Kier alpha value is -3.42. The SMILES string of the molecule is CCOC(=O)c1cc(O)c(NC(=O)c2ccccc2)cc1[N+](=O)[O-]. The summed E-state index contributed by atoms with van der Waals surface area (Å²) in [5.41, 5.74) is -0.829. The zero-order chi connectivity index (χ0) is 17.7. The summed E-state index contributed by atoms with van der Waals surface area (Å²) in [5.74, 6) is -1.96. The van der Waals surface area contributed by atoms with Crippen molar-refractivity contribution in [2.45, 2.75) is 6.92 Å². The molecule has 124 valence electrons. The van der Waals surface area contributed by atoms with E-state index in [2.05, 4.69) is 5.32 Å². The number of hydrogen-bond acceptors (Lipinski definition) is 6. The average Bonchev–Trinajstić information content (AvgIpc) is 2.57. The van der Waals surface area contributed by atoms with Crippen LogP contribution in [0.1, 0.15) is 27.6 Å². The summed E-state index contributed by atoms with van der Waals surface area (Å²) in [6, 6.07) is 9.95. The average molecular weight is 330 g/mol. The van der Waals surface area contributed by atoms with Crippen molar-refractivity contribution in [3.63, 3.8) is 0 Å². The number of esters is 1. The van der Waals surface area contributed by atoms with Crippen LogP contribution in [0, 0.1) is 10.1 Å². The maximum Gasteiger partial charge on any atom is 0.345 e. The molecule has 2 rings (SSSR count). The third-order valence-electron chi connectivity index (χ3n) is 3.09. The van der Waals surface area contributed by atoms with Gasteiger partial charge in [-0.1, -0.05) is 18.2 Å². The van der Waals surface area contributed by atoms with E-state index in [0.29, 0.717) is 5.56 Å². The smallest absolute Gasteiger partial charge is 0.345 e. The number of rotatable bonds is 5. The van der Waals surface area contributed by atoms with Crippen LogP contribution in [0.25, 0.3) is 0 Å². The summed E-state index contributed by atoms with van der Waals surface area (Å²) >= 11 is 0. The molecule has 24 heavy (non-hydrogen) atoms. The normalized spacial score (nSPS) is 10.0. The first kappa shape index (κ1) is 16.9. The molecule has 0 fully saturated rings. The van der Waals surface area contributed by atoms with Crippen molar-refractivity contribution in [3.8, 4) is 5.75 Å². The Bertz CT molecular complexity index is 789. The Morgan fingerprint density at radius 3 is 2.50 bits per heavy atom. The third kappa shape index (κ3) is 3.67. The zero-order valence-corrected chi connectivity index (χ0v) is 12.7. The van der Waals surface area contributed by atoms with E-state index >= 15 is 0 Å². The van der Waals surface area contributed by atoms with Crippen LogP contribution in [-0.2, 0) is 4.74 Å². The molecule has 0 saturated carbocycles. The van der Waals surface area contributed by atoms with E-state index in [1.807, 2.05) is 0 Å². The van der Waals surface area contributed by atoms with Crippen molar-refractivity contribution in [1.29, 1.82) is 0 Å². The highest BCUT2D eigenvalue weighted by Gasteiger charge is 2.25. The second-order valence-corrected chi connectivity index (χ2v) is 4.68. The number of phenols is 1. The van der Waals surface area contributed by atoms with Crippen molar-refractivity contribution in [1.82, 2.24) is 0 Å². The number of nitro groups is 1. The van der Waals surface area contributed by atoms with Gasteiger partial charge in [0.2, 0.25) is 0 Å². The van der Waals surface area contributed by atoms with Crippen molar-refractivity contribution >= 4 is 23.3 Å². The van der Waals surface area contributed by atoms with Gasteiger partial charge in [-0.2, -0.15) is 0 Å². The second kappa shape index (κ2) is 7.23. The minimum Gasteiger partial charge on any atom is -0.506 e. The summed E-state index contributed by atoms with van der Waals surface area (Å²) < 4.78 is 4.72. The Morgan fingerprint density at radius 1 is 1.25 bits per heavy atom. The Kier molecular flexibility index (Phi) is 5.10. The molecule has 0 saturated heterocycles. The molecule has 0 radical (unpaired) electrons. The van der Waals surface area contributed by atoms with E-state index in [0.717, 1.165) is 12.1 Å². The van der Waals surface area contributed by atoms with Crippen LogP contribution in [-0.4, -0.2) is 28.5 Å². The Morgan fingerprint density at radius 2 is 1.92 bits per heavy atom. The van der Waals surface area contributed by atoms with Crippen LogP contribution in [0.3, 0.4) is 0 Å². The molecule has 1 amide bonds. The molecule has 8 heteroatoms. The topological polar surface area (TPSA) is 119 Å². The highest BCUT2D eigenvalue weighted by Crippen LogP contribution is 2.32. The monoisotopic (exact) mass is 330 g/mol. The molecule has 2 N–H and O–H groups in total. The summed E-state index contributed by atoms with van der Waals surface area (Å²) in [5, 5.41) is 23.5. The number of nitrogens with one attached hydrogen (secondary N) is 1. The number of amides is 1. The number of ether oxygens (including phenoxy) is 1. The number of phenolic OH excluding ortho intramolecular Hbond substituents is 1. The van der Waals surface area contributed by atoms with E-state index in [-0.39, 0.29) is 12.3 Å². The van der Waals surface area contributed by atoms with Crippen molar-refractivity contribution < 1.29 is 24.4 Å². The van der Waals surface area contributed by atoms with Crippen LogP contribution >= 0.6 is 0 Å². The van der Waals surface area contributed by atoms with Crippen molar-refractivity contribution in [2.75, 3.05) is 11.9 Å². The molecule has 0 aliphatic heterocycles. The molecule has 2 aromatic rings. The van der Waals surface area contributed by atoms with Crippen LogP contribution in [0.2, 0.25) is 0 Å². The maximum atomic E-state index is 12.1. The van der Waals surface area contributed by atoms with Gasteiger partial charge < -0.3 is 15.2 Å². The molecule has 0 atom stereocenters. The molecular formula is C16H14N2O6. The number of aromatic hydroxyl groups is 1. The molecule has 0 aliphatic carbocycles. The lowest BCUT2D eigenvalue weighted by Crippen LogP contribution is -2.13. The molecule has 2 aromatic carbocycles. The summed E-state index contributed by atoms with van der Waals surface area (Å²) in [6.45, 7) is 1.58. The highest BCUT2D eigenvalue weighted by molar-refractivity contribution is 6.06. The lowest BCUT2D eigenvalue weighted by molar-refractivity contribution is -0.385. The van der Waals surface area contributed by atoms with Gasteiger partial charge in [-0.15, -0.1) is 0 Å². The first-order valence-corrected chi connectivity index (χ1v) is 6.99. The van der Waals surface area contributed by atoms with E-state index in [1.54, 1.807) is 37.3 Å². The van der Waals surface area contributed by atoms with Crippen LogP contribution in [0.5, 0.6) is 5.75 Å². The molecule has 0 bridgehead atoms. The molecule has 0 heterocycles. The molecule has 0 spiro atoms. The largest absolute Gasteiger partial charge is 0.506 e. The van der Waals surface area contributed by atoms with Gasteiger partial charge in [-0.3, -0.25) is 14.9 Å². The number of nitro benzene ring substituents is 1. The number of benzene rings is 2. The van der Waals surface area contributed by atoms with E-state index < -0.39 is 33.8 Å². The number of hydrogen-bond donors (Lipinski definition) is 2. The van der Waals surface area contributed by atoms with Gasteiger partial charge in [0, 0.05) is 17.7 Å². The quantitative estimate of drug-likeness (QED) is 0.376. The molecule has 0 unspecified atom stereocenters. The molecule has 0 aliphatic rings. The van der Waals surface area contributed by atoms with Gasteiger partial charge in [0.1, 0.15) is 11.3 Å². The van der Waals surface area contributed by atoms with Crippen molar-refractivity contribution in [3.05, 3.63) is 63.7 Å². The summed E-state index contributed by atoms with van der Waals surface area (Å²) in [7, 11) is 0. The third-order valence-corrected chi connectivity index (χ3v) is 3.09. The summed E-state index contributed by atoms with van der Waals surface area (Å²) in [4.78, 5) is 34.2. The molecule has 0 aromatic heterocycles. The predicted octanol–water partition coefficient (Wildman–Crippen LogP) is 2.73. The van der Waals surface area contributed by atoms with E-state index in [1.165, 1.54) is 0 Å². The van der Waals surface area contributed by atoms with Crippen LogP contribution in [0.4, 0.5) is 11.4 Å². The van der Waals surface area contributed by atoms with Gasteiger partial charge in [0.05, 0.1) is 17.2 Å².